The molecular weight excluding hydrogens is 228 g/mol. The molecule has 2 rings (SSSR count). The van der Waals surface area contributed by atoms with Gasteiger partial charge in [-0.3, -0.25) is 0 Å². The fourth-order valence-electron chi connectivity index (χ4n) is 2.58. The van der Waals surface area contributed by atoms with E-state index >= 15 is 0 Å². The van der Waals surface area contributed by atoms with Crippen molar-refractivity contribution >= 4 is 5.97 Å². The Morgan fingerprint density at radius 1 is 1.22 bits per heavy atom. The van der Waals surface area contributed by atoms with Gasteiger partial charge in [0, 0.05) is 0 Å². The highest BCUT2D eigenvalue weighted by molar-refractivity contribution is 5.90. The minimum absolute atomic E-state index is 0.251. The minimum atomic E-state index is -0.928. The SMILES string of the molecule is O=C(O)c1ccccc1OCCC1CCCCC1. The summed E-state index contributed by atoms with van der Waals surface area (Å²) < 4.78 is 5.62. The number of carboxylic acids is 1. The van der Waals surface area contributed by atoms with Gasteiger partial charge >= 0.3 is 5.97 Å². The first kappa shape index (κ1) is 12.9. The van der Waals surface area contributed by atoms with Crippen LogP contribution in [-0.2, 0) is 0 Å². The molecule has 0 amide bonds. The Hall–Kier alpha value is -1.51. The molecular formula is C15H20O3. The number of ether oxygens (including phenoxy) is 1. The van der Waals surface area contributed by atoms with Crippen LogP contribution in [0.3, 0.4) is 0 Å². The van der Waals surface area contributed by atoms with Gasteiger partial charge in [-0.25, -0.2) is 4.79 Å². The zero-order valence-electron chi connectivity index (χ0n) is 10.6. The summed E-state index contributed by atoms with van der Waals surface area (Å²) in [4.78, 5) is 11.0. The van der Waals surface area contributed by atoms with E-state index in [9.17, 15) is 4.79 Å². The van der Waals surface area contributed by atoms with Crippen molar-refractivity contribution in [2.75, 3.05) is 6.61 Å². The van der Waals surface area contributed by atoms with Gasteiger partial charge in [-0.05, 0) is 24.5 Å². The van der Waals surface area contributed by atoms with E-state index in [1.54, 1.807) is 18.2 Å². The predicted octanol–water partition coefficient (Wildman–Crippen LogP) is 3.73. The van der Waals surface area contributed by atoms with Crippen LogP contribution in [0.15, 0.2) is 24.3 Å². The maximum absolute atomic E-state index is 11.0. The number of para-hydroxylation sites is 1. The van der Waals surface area contributed by atoms with Gasteiger partial charge in [0.2, 0.25) is 0 Å². The molecule has 0 spiro atoms. The van der Waals surface area contributed by atoms with Crippen LogP contribution < -0.4 is 4.74 Å². The van der Waals surface area contributed by atoms with Crippen molar-refractivity contribution in [3.8, 4) is 5.75 Å². The highest BCUT2D eigenvalue weighted by Gasteiger charge is 2.14. The lowest BCUT2D eigenvalue weighted by Crippen LogP contribution is -2.11. The molecule has 0 unspecified atom stereocenters. The van der Waals surface area contributed by atoms with Gasteiger partial charge in [0.1, 0.15) is 11.3 Å². The van der Waals surface area contributed by atoms with E-state index in [-0.39, 0.29) is 5.56 Å². The second-order valence-electron chi connectivity index (χ2n) is 4.94. The Morgan fingerprint density at radius 2 is 1.94 bits per heavy atom. The standard InChI is InChI=1S/C15H20O3/c16-15(17)13-8-4-5-9-14(13)18-11-10-12-6-2-1-3-7-12/h4-5,8-9,12H,1-3,6-7,10-11H2,(H,16,17). The molecule has 3 nitrogen and oxygen atoms in total. The first-order valence-corrected chi connectivity index (χ1v) is 6.72. The molecule has 18 heavy (non-hydrogen) atoms. The lowest BCUT2D eigenvalue weighted by atomic mass is 9.87. The first-order chi connectivity index (χ1) is 8.77. The predicted molar refractivity (Wildman–Crippen MR) is 70.1 cm³/mol. The van der Waals surface area contributed by atoms with E-state index in [0.717, 1.165) is 12.3 Å². The molecule has 1 saturated carbocycles. The summed E-state index contributed by atoms with van der Waals surface area (Å²) in [5.41, 5.74) is 0.251. The number of hydrogen-bond donors (Lipinski definition) is 1. The highest BCUT2D eigenvalue weighted by Crippen LogP contribution is 2.26. The number of hydrogen-bond acceptors (Lipinski definition) is 2. The summed E-state index contributed by atoms with van der Waals surface area (Å²) in [5.74, 6) is 0.319. The quantitative estimate of drug-likeness (QED) is 0.863. The van der Waals surface area contributed by atoms with Crippen molar-refractivity contribution < 1.29 is 14.6 Å². The summed E-state index contributed by atoms with van der Waals surface area (Å²) in [6, 6.07) is 6.84. The van der Waals surface area contributed by atoms with Crippen molar-refractivity contribution in [1.82, 2.24) is 0 Å². The lowest BCUT2D eigenvalue weighted by molar-refractivity contribution is 0.0692. The van der Waals surface area contributed by atoms with Crippen LogP contribution in [0.4, 0.5) is 0 Å². The molecule has 1 fully saturated rings. The molecule has 1 aliphatic rings. The van der Waals surface area contributed by atoms with Crippen LogP contribution in [0.1, 0.15) is 48.9 Å². The third-order valence-electron chi connectivity index (χ3n) is 3.63. The van der Waals surface area contributed by atoms with Gasteiger partial charge in [-0.2, -0.15) is 0 Å². The number of benzene rings is 1. The van der Waals surface area contributed by atoms with E-state index in [0.29, 0.717) is 12.4 Å². The molecule has 0 aliphatic heterocycles. The highest BCUT2D eigenvalue weighted by atomic mass is 16.5. The summed E-state index contributed by atoms with van der Waals surface area (Å²) in [5, 5.41) is 9.03. The maximum atomic E-state index is 11.0. The van der Waals surface area contributed by atoms with Crippen LogP contribution in [-0.4, -0.2) is 17.7 Å². The van der Waals surface area contributed by atoms with Crippen molar-refractivity contribution in [1.29, 1.82) is 0 Å². The summed E-state index contributed by atoms with van der Waals surface area (Å²) in [6.45, 7) is 0.620. The molecule has 0 heterocycles. The van der Waals surface area contributed by atoms with Crippen LogP contribution in [0.25, 0.3) is 0 Å². The van der Waals surface area contributed by atoms with Gasteiger partial charge < -0.3 is 9.84 Å². The Kier molecular flexibility index (Phi) is 4.62. The number of carbonyl (C=O) groups is 1. The Labute approximate surface area is 108 Å². The molecule has 1 N–H and O–H groups in total. The van der Waals surface area contributed by atoms with Crippen molar-refractivity contribution in [2.24, 2.45) is 5.92 Å². The van der Waals surface area contributed by atoms with E-state index in [4.69, 9.17) is 9.84 Å². The molecule has 0 bridgehead atoms. The van der Waals surface area contributed by atoms with Crippen LogP contribution in [0.2, 0.25) is 0 Å². The molecule has 0 aromatic heterocycles. The number of rotatable bonds is 5. The number of carboxylic acid groups (broad SMARTS) is 1. The summed E-state index contributed by atoms with van der Waals surface area (Å²) >= 11 is 0. The normalized spacial score (nSPS) is 16.4. The van der Waals surface area contributed by atoms with E-state index in [1.165, 1.54) is 32.1 Å². The zero-order valence-corrected chi connectivity index (χ0v) is 10.6. The molecule has 3 heteroatoms. The molecule has 98 valence electrons. The van der Waals surface area contributed by atoms with Crippen molar-refractivity contribution in [3.63, 3.8) is 0 Å². The third kappa shape index (κ3) is 3.49. The maximum Gasteiger partial charge on any atom is 0.339 e. The smallest absolute Gasteiger partial charge is 0.339 e. The van der Waals surface area contributed by atoms with Gasteiger partial charge in [0.25, 0.3) is 0 Å². The molecule has 1 aliphatic carbocycles. The molecule has 0 radical (unpaired) electrons. The fourth-order valence-corrected chi connectivity index (χ4v) is 2.58. The largest absolute Gasteiger partial charge is 0.493 e. The first-order valence-electron chi connectivity index (χ1n) is 6.72. The minimum Gasteiger partial charge on any atom is -0.493 e. The summed E-state index contributed by atoms with van der Waals surface area (Å²) in [7, 11) is 0. The fraction of sp³-hybridized carbons (Fsp3) is 0.533. The van der Waals surface area contributed by atoms with Crippen molar-refractivity contribution in [3.05, 3.63) is 29.8 Å². The van der Waals surface area contributed by atoms with Crippen LogP contribution >= 0.6 is 0 Å². The molecule has 1 aromatic rings. The second kappa shape index (κ2) is 6.43. The molecule has 0 atom stereocenters. The second-order valence-corrected chi connectivity index (χ2v) is 4.94. The summed E-state index contributed by atoms with van der Waals surface area (Å²) in [6.07, 6.45) is 7.65. The van der Waals surface area contributed by atoms with Gasteiger partial charge in [-0.1, -0.05) is 44.2 Å². The molecule has 0 saturated heterocycles. The Bertz CT molecular complexity index is 394. The van der Waals surface area contributed by atoms with E-state index in [1.807, 2.05) is 6.07 Å². The lowest BCUT2D eigenvalue weighted by Gasteiger charge is -2.21. The van der Waals surface area contributed by atoms with Gasteiger partial charge in [-0.15, -0.1) is 0 Å². The molecule has 1 aromatic carbocycles. The van der Waals surface area contributed by atoms with Gasteiger partial charge in [0.15, 0.2) is 0 Å². The average molecular weight is 248 g/mol. The monoisotopic (exact) mass is 248 g/mol. The topological polar surface area (TPSA) is 46.5 Å². The van der Waals surface area contributed by atoms with E-state index in [2.05, 4.69) is 0 Å². The average Bonchev–Trinajstić information content (AvgIpc) is 2.40. The zero-order chi connectivity index (χ0) is 12.8. The van der Waals surface area contributed by atoms with Crippen LogP contribution in [0, 0.1) is 5.92 Å². The van der Waals surface area contributed by atoms with E-state index < -0.39 is 5.97 Å². The Morgan fingerprint density at radius 3 is 2.67 bits per heavy atom. The Balaban J connectivity index is 1.84. The van der Waals surface area contributed by atoms with Crippen LogP contribution in [0.5, 0.6) is 5.75 Å². The third-order valence-corrected chi connectivity index (χ3v) is 3.63. The van der Waals surface area contributed by atoms with Crippen molar-refractivity contribution in [2.45, 2.75) is 38.5 Å². The van der Waals surface area contributed by atoms with Gasteiger partial charge in [0.05, 0.1) is 6.61 Å². The number of aromatic carboxylic acids is 1.